The molecule has 7 heteroatoms. The molecule has 1 aliphatic heterocycles. The SMILES string of the molecule is O=C(O)CCCCCCC1CNC(=O)N1CCC(O)CCc1ccsc1. The Labute approximate surface area is 159 Å². The number of carboxylic acids is 1. The van der Waals surface area contributed by atoms with Gasteiger partial charge in [0.15, 0.2) is 0 Å². The van der Waals surface area contributed by atoms with Crippen LogP contribution in [0.4, 0.5) is 4.79 Å². The molecule has 1 fully saturated rings. The van der Waals surface area contributed by atoms with Crippen molar-refractivity contribution >= 4 is 23.3 Å². The lowest BCUT2D eigenvalue weighted by Crippen LogP contribution is -2.36. The fraction of sp³-hybridized carbons (Fsp3) is 0.684. The Morgan fingerprint density at radius 1 is 1.31 bits per heavy atom. The number of carboxylic acid groups (broad SMARTS) is 1. The van der Waals surface area contributed by atoms with E-state index >= 15 is 0 Å². The molecule has 1 saturated heterocycles. The van der Waals surface area contributed by atoms with Crippen LogP contribution >= 0.6 is 11.3 Å². The maximum atomic E-state index is 12.0. The lowest BCUT2D eigenvalue weighted by Gasteiger charge is -2.24. The lowest BCUT2D eigenvalue weighted by atomic mass is 10.0. The second kappa shape index (κ2) is 11.2. The van der Waals surface area contributed by atoms with Gasteiger partial charge in [-0.2, -0.15) is 11.3 Å². The Balaban J connectivity index is 1.62. The first-order valence-electron chi connectivity index (χ1n) is 9.51. The molecule has 2 amide bonds. The molecular formula is C19H30N2O4S. The van der Waals surface area contributed by atoms with Crippen LogP contribution in [0.3, 0.4) is 0 Å². The first kappa shape index (κ1) is 20.7. The molecule has 26 heavy (non-hydrogen) atoms. The summed E-state index contributed by atoms with van der Waals surface area (Å²) in [6.07, 6.45) is 6.60. The van der Waals surface area contributed by atoms with Gasteiger partial charge in [0.25, 0.3) is 0 Å². The molecule has 0 aromatic carbocycles. The Kier molecular flexibility index (Phi) is 8.91. The van der Waals surface area contributed by atoms with Crippen molar-refractivity contribution in [3.8, 4) is 0 Å². The molecule has 0 bridgehead atoms. The van der Waals surface area contributed by atoms with Crippen LogP contribution in [0.2, 0.25) is 0 Å². The van der Waals surface area contributed by atoms with Gasteiger partial charge in [-0.3, -0.25) is 4.79 Å². The topological polar surface area (TPSA) is 89.9 Å². The van der Waals surface area contributed by atoms with Crippen LogP contribution in [0.1, 0.15) is 56.9 Å². The number of thiophene rings is 1. The predicted molar refractivity (Wildman–Crippen MR) is 102 cm³/mol. The summed E-state index contributed by atoms with van der Waals surface area (Å²) in [4.78, 5) is 24.4. The smallest absolute Gasteiger partial charge is 0.317 e. The molecule has 2 rings (SSSR count). The highest BCUT2D eigenvalue weighted by molar-refractivity contribution is 7.07. The molecule has 3 N–H and O–H groups in total. The van der Waals surface area contributed by atoms with Crippen LogP contribution in [0.15, 0.2) is 16.8 Å². The third-order valence-electron chi connectivity index (χ3n) is 4.92. The molecule has 2 unspecified atom stereocenters. The van der Waals surface area contributed by atoms with Crippen molar-refractivity contribution < 1.29 is 19.8 Å². The van der Waals surface area contributed by atoms with Crippen LogP contribution < -0.4 is 5.32 Å². The molecular weight excluding hydrogens is 352 g/mol. The van der Waals surface area contributed by atoms with E-state index in [1.165, 1.54) is 5.56 Å². The summed E-state index contributed by atoms with van der Waals surface area (Å²) < 4.78 is 0. The quantitative estimate of drug-likeness (QED) is 0.457. The van der Waals surface area contributed by atoms with Gasteiger partial charge in [0.05, 0.1) is 12.1 Å². The molecule has 0 radical (unpaired) electrons. The average molecular weight is 383 g/mol. The standard InChI is InChI=1S/C19H30N2O4S/c22-17(8-7-15-10-12-26-14-15)9-11-21-16(13-20-19(21)25)5-3-1-2-4-6-18(23)24/h10,12,14,16-17,22H,1-9,11,13H2,(H,20,25)(H,23,24). The van der Waals surface area contributed by atoms with Gasteiger partial charge >= 0.3 is 12.0 Å². The van der Waals surface area contributed by atoms with E-state index in [-0.39, 0.29) is 24.6 Å². The number of aliphatic hydroxyl groups is 1. The van der Waals surface area contributed by atoms with E-state index in [1.807, 2.05) is 10.3 Å². The predicted octanol–water partition coefficient (Wildman–Crippen LogP) is 3.25. The van der Waals surface area contributed by atoms with Crippen molar-refractivity contribution in [2.75, 3.05) is 13.1 Å². The highest BCUT2D eigenvalue weighted by atomic mass is 32.1. The zero-order chi connectivity index (χ0) is 18.8. The van der Waals surface area contributed by atoms with Crippen molar-refractivity contribution in [3.05, 3.63) is 22.4 Å². The van der Waals surface area contributed by atoms with Crippen LogP contribution in [0.5, 0.6) is 0 Å². The van der Waals surface area contributed by atoms with Crippen LogP contribution in [-0.2, 0) is 11.2 Å². The number of aryl methyl sites for hydroxylation is 1. The van der Waals surface area contributed by atoms with Crippen molar-refractivity contribution in [1.82, 2.24) is 10.2 Å². The summed E-state index contributed by atoms with van der Waals surface area (Å²) in [5, 5.41) is 25.9. The normalized spacial score (nSPS) is 18.1. The summed E-state index contributed by atoms with van der Waals surface area (Å²) in [6.45, 7) is 1.25. The lowest BCUT2D eigenvalue weighted by molar-refractivity contribution is -0.137. The minimum absolute atomic E-state index is 0.0362. The maximum Gasteiger partial charge on any atom is 0.317 e. The molecule has 6 nitrogen and oxygen atoms in total. The highest BCUT2D eigenvalue weighted by Gasteiger charge is 2.30. The van der Waals surface area contributed by atoms with E-state index in [4.69, 9.17) is 5.11 Å². The second-order valence-corrected chi connectivity index (χ2v) is 7.77. The Hall–Kier alpha value is -1.60. The number of aliphatic hydroxyl groups excluding tert-OH is 1. The van der Waals surface area contributed by atoms with E-state index in [0.29, 0.717) is 19.5 Å². The van der Waals surface area contributed by atoms with Gasteiger partial charge < -0.3 is 20.4 Å². The number of rotatable bonds is 13. The number of aliphatic carboxylic acids is 1. The number of unbranched alkanes of at least 4 members (excludes halogenated alkanes) is 3. The van der Waals surface area contributed by atoms with Gasteiger partial charge in [-0.05, 0) is 54.5 Å². The Bertz CT molecular complexity index is 550. The zero-order valence-electron chi connectivity index (χ0n) is 15.2. The Morgan fingerprint density at radius 2 is 2.12 bits per heavy atom. The first-order valence-corrected chi connectivity index (χ1v) is 10.5. The third kappa shape index (κ3) is 7.33. The summed E-state index contributed by atoms with van der Waals surface area (Å²) in [5.41, 5.74) is 1.26. The van der Waals surface area contributed by atoms with Crippen molar-refractivity contribution in [2.45, 2.75) is 69.9 Å². The van der Waals surface area contributed by atoms with E-state index in [2.05, 4.69) is 16.8 Å². The van der Waals surface area contributed by atoms with Gasteiger partial charge in [-0.1, -0.05) is 19.3 Å². The minimum Gasteiger partial charge on any atom is -0.481 e. The maximum absolute atomic E-state index is 12.0. The van der Waals surface area contributed by atoms with Gasteiger partial charge in [0.2, 0.25) is 0 Å². The van der Waals surface area contributed by atoms with Crippen molar-refractivity contribution in [1.29, 1.82) is 0 Å². The van der Waals surface area contributed by atoms with Gasteiger partial charge in [0, 0.05) is 19.5 Å². The molecule has 2 atom stereocenters. The minimum atomic E-state index is -0.737. The van der Waals surface area contributed by atoms with E-state index < -0.39 is 5.97 Å². The second-order valence-electron chi connectivity index (χ2n) is 6.99. The molecule has 146 valence electrons. The van der Waals surface area contributed by atoms with E-state index in [1.54, 1.807) is 11.3 Å². The number of hydrogen-bond acceptors (Lipinski definition) is 4. The summed E-state index contributed by atoms with van der Waals surface area (Å²) in [6, 6.07) is 2.23. The fourth-order valence-electron chi connectivity index (χ4n) is 3.34. The molecule has 1 aromatic rings. The summed E-state index contributed by atoms with van der Waals surface area (Å²) in [5.74, 6) is -0.737. The van der Waals surface area contributed by atoms with Crippen LogP contribution in [0.25, 0.3) is 0 Å². The summed E-state index contributed by atoms with van der Waals surface area (Å²) >= 11 is 1.67. The zero-order valence-corrected chi connectivity index (χ0v) is 16.0. The van der Waals surface area contributed by atoms with Gasteiger partial charge in [-0.25, -0.2) is 4.79 Å². The molecule has 1 aliphatic rings. The van der Waals surface area contributed by atoms with Crippen LogP contribution in [0, 0.1) is 0 Å². The number of carbonyl (C=O) groups is 2. The van der Waals surface area contributed by atoms with Gasteiger partial charge in [-0.15, -0.1) is 0 Å². The monoisotopic (exact) mass is 382 g/mol. The number of amides is 2. The molecule has 0 spiro atoms. The summed E-state index contributed by atoms with van der Waals surface area (Å²) in [7, 11) is 0. The van der Waals surface area contributed by atoms with E-state index in [0.717, 1.165) is 44.9 Å². The van der Waals surface area contributed by atoms with Crippen molar-refractivity contribution in [2.24, 2.45) is 0 Å². The molecule has 1 aromatic heterocycles. The number of nitrogens with one attached hydrogen (secondary N) is 1. The van der Waals surface area contributed by atoms with E-state index in [9.17, 15) is 14.7 Å². The average Bonchev–Trinajstić information content (AvgIpc) is 3.24. The number of carbonyl (C=O) groups excluding carboxylic acids is 1. The van der Waals surface area contributed by atoms with Crippen molar-refractivity contribution in [3.63, 3.8) is 0 Å². The molecule has 2 heterocycles. The number of urea groups is 1. The third-order valence-corrected chi connectivity index (χ3v) is 5.65. The molecule has 0 aliphatic carbocycles. The van der Waals surface area contributed by atoms with Crippen LogP contribution in [-0.4, -0.2) is 52.3 Å². The number of nitrogens with zero attached hydrogens (tertiary/aromatic N) is 1. The molecule has 0 saturated carbocycles. The Morgan fingerprint density at radius 3 is 2.85 bits per heavy atom. The number of hydrogen-bond donors (Lipinski definition) is 3. The largest absolute Gasteiger partial charge is 0.481 e. The fourth-order valence-corrected chi connectivity index (χ4v) is 4.04. The highest BCUT2D eigenvalue weighted by Crippen LogP contribution is 2.17. The van der Waals surface area contributed by atoms with Gasteiger partial charge in [0.1, 0.15) is 0 Å². The first-order chi connectivity index (χ1) is 12.6.